The average molecular weight is 367 g/mol. The first kappa shape index (κ1) is 18.9. The van der Waals surface area contributed by atoms with Gasteiger partial charge in [-0.25, -0.2) is 9.48 Å². The number of hydrogen-bond acceptors (Lipinski definition) is 5. The summed E-state index contributed by atoms with van der Waals surface area (Å²) in [6.07, 6.45) is 4.05. The number of nitrogens with one attached hydrogen (secondary N) is 1. The second-order valence-corrected chi connectivity index (χ2v) is 6.47. The fourth-order valence-corrected chi connectivity index (χ4v) is 3.01. The van der Waals surface area contributed by atoms with Gasteiger partial charge in [0.25, 0.3) is 0 Å². The highest BCUT2D eigenvalue weighted by Crippen LogP contribution is 2.16. The molecule has 0 saturated carbocycles. The Morgan fingerprint density at radius 1 is 1.26 bits per heavy atom. The average Bonchev–Trinajstić information content (AvgIpc) is 3.24. The molecule has 0 amide bonds. The van der Waals surface area contributed by atoms with E-state index >= 15 is 0 Å². The zero-order valence-electron chi connectivity index (χ0n) is 16.0. The molecule has 0 spiro atoms. The number of methoxy groups -OCH3 is 1. The molecule has 0 bridgehead atoms. The third-order valence-electron chi connectivity index (χ3n) is 4.49. The molecular weight excluding hydrogens is 342 g/mol. The van der Waals surface area contributed by atoms with Gasteiger partial charge in [0.1, 0.15) is 17.1 Å². The Balaban J connectivity index is 1.47. The van der Waals surface area contributed by atoms with Crippen LogP contribution in [0, 0.1) is 13.8 Å². The van der Waals surface area contributed by atoms with Gasteiger partial charge in [-0.2, -0.15) is 5.10 Å². The van der Waals surface area contributed by atoms with Crippen LogP contribution in [-0.2, 0) is 17.7 Å². The van der Waals surface area contributed by atoms with Crippen molar-refractivity contribution in [3.8, 4) is 5.69 Å². The Hall–Kier alpha value is -2.86. The van der Waals surface area contributed by atoms with Gasteiger partial charge in [0, 0.05) is 6.20 Å². The van der Waals surface area contributed by atoms with E-state index in [1.165, 1.54) is 12.7 Å². The van der Waals surface area contributed by atoms with Crippen LogP contribution in [0.5, 0.6) is 0 Å². The normalized spacial score (nSPS) is 10.9. The standard InChI is InChI=1S/C21H25N3O3/c1-15-17(14-24(23-15)18-9-5-4-6-10-18)8-7-11-22-13-19-12-20(16(2)27-19)21(25)26-3/h4-6,9-10,12,14,22H,7-8,11,13H2,1-3H3. The lowest BCUT2D eigenvalue weighted by Gasteiger charge is -2.02. The van der Waals surface area contributed by atoms with Crippen LogP contribution in [0.2, 0.25) is 0 Å². The Kier molecular flexibility index (Phi) is 6.08. The Bertz CT molecular complexity index is 897. The van der Waals surface area contributed by atoms with E-state index in [0.717, 1.165) is 36.5 Å². The molecule has 0 unspecified atom stereocenters. The van der Waals surface area contributed by atoms with Crippen molar-refractivity contribution in [3.05, 3.63) is 70.9 Å². The van der Waals surface area contributed by atoms with E-state index in [4.69, 9.17) is 9.15 Å². The highest BCUT2D eigenvalue weighted by molar-refractivity contribution is 5.90. The summed E-state index contributed by atoms with van der Waals surface area (Å²) >= 11 is 0. The molecule has 2 heterocycles. The summed E-state index contributed by atoms with van der Waals surface area (Å²) in [5, 5.41) is 7.96. The quantitative estimate of drug-likeness (QED) is 0.487. The molecule has 0 aliphatic heterocycles. The summed E-state index contributed by atoms with van der Waals surface area (Å²) in [6, 6.07) is 11.9. The van der Waals surface area contributed by atoms with Crippen LogP contribution in [-0.4, -0.2) is 29.4 Å². The van der Waals surface area contributed by atoms with Gasteiger partial charge < -0.3 is 14.5 Å². The monoisotopic (exact) mass is 367 g/mol. The molecule has 1 N–H and O–H groups in total. The highest BCUT2D eigenvalue weighted by atomic mass is 16.5. The van der Waals surface area contributed by atoms with Gasteiger partial charge in [-0.15, -0.1) is 0 Å². The van der Waals surface area contributed by atoms with Crippen molar-refractivity contribution in [2.45, 2.75) is 33.2 Å². The Morgan fingerprint density at radius 2 is 2.04 bits per heavy atom. The third kappa shape index (κ3) is 4.65. The summed E-state index contributed by atoms with van der Waals surface area (Å²) in [6.45, 7) is 5.24. The molecular formula is C21H25N3O3. The number of hydrogen-bond donors (Lipinski definition) is 1. The van der Waals surface area contributed by atoms with E-state index < -0.39 is 0 Å². The second-order valence-electron chi connectivity index (χ2n) is 6.47. The number of furan rings is 1. The molecule has 0 aliphatic rings. The Morgan fingerprint density at radius 3 is 2.78 bits per heavy atom. The van der Waals surface area contributed by atoms with Crippen LogP contribution in [0.4, 0.5) is 0 Å². The van der Waals surface area contributed by atoms with Crippen molar-refractivity contribution in [2.24, 2.45) is 0 Å². The highest BCUT2D eigenvalue weighted by Gasteiger charge is 2.15. The number of nitrogens with zero attached hydrogens (tertiary/aromatic N) is 2. The number of rotatable bonds is 8. The van der Waals surface area contributed by atoms with Crippen LogP contribution in [0.15, 0.2) is 47.0 Å². The number of carbonyl (C=O) groups is 1. The maximum atomic E-state index is 11.6. The van der Waals surface area contributed by atoms with Crippen LogP contribution in [0.3, 0.4) is 0 Å². The first-order valence-electron chi connectivity index (χ1n) is 9.07. The minimum Gasteiger partial charge on any atom is -0.465 e. The van der Waals surface area contributed by atoms with Crippen LogP contribution in [0.1, 0.15) is 39.6 Å². The van der Waals surface area contributed by atoms with Crippen molar-refractivity contribution >= 4 is 5.97 Å². The van der Waals surface area contributed by atoms with Crippen molar-refractivity contribution in [1.82, 2.24) is 15.1 Å². The lowest BCUT2D eigenvalue weighted by molar-refractivity contribution is 0.0599. The number of para-hydroxylation sites is 1. The van der Waals surface area contributed by atoms with Gasteiger partial charge in [-0.3, -0.25) is 0 Å². The zero-order valence-corrected chi connectivity index (χ0v) is 16.0. The van der Waals surface area contributed by atoms with Gasteiger partial charge in [0.15, 0.2) is 0 Å². The molecule has 2 aromatic heterocycles. The number of ether oxygens (including phenoxy) is 1. The molecule has 1 aromatic carbocycles. The lowest BCUT2D eigenvalue weighted by atomic mass is 10.1. The number of benzene rings is 1. The number of aromatic nitrogens is 2. The Labute approximate surface area is 159 Å². The van der Waals surface area contributed by atoms with Gasteiger partial charge in [-0.1, -0.05) is 18.2 Å². The zero-order chi connectivity index (χ0) is 19.2. The minimum atomic E-state index is -0.367. The molecule has 3 aromatic rings. The molecule has 0 atom stereocenters. The predicted molar refractivity (Wildman–Crippen MR) is 103 cm³/mol. The van der Waals surface area contributed by atoms with E-state index in [1.54, 1.807) is 13.0 Å². The minimum absolute atomic E-state index is 0.367. The molecule has 0 saturated heterocycles. The van der Waals surface area contributed by atoms with E-state index in [0.29, 0.717) is 17.9 Å². The van der Waals surface area contributed by atoms with E-state index in [2.05, 4.69) is 16.6 Å². The summed E-state index contributed by atoms with van der Waals surface area (Å²) < 4.78 is 12.3. The first-order valence-corrected chi connectivity index (χ1v) is 9.07. The first-order chi connectivity index (χ1) is 13.1. The fourth-order valence-electron chi connectivity index (χ4n) is 3.01. The van der Waals surface area contributed by atoms with Crippen molar-refractivity contribution < 1.29 is 13.9 Å². The predicted octanol–water partition coefficient (Wildman–Crippen LogP) is 3.59. The summed E-state index contributed by atoms with van der Waals surface area (Å²) in [5.41, 5.74) is 3.86. The molecule has 27 heavy (non-hydrogen) atoms. The SMILES string of the molecule is COC(=O)c1cc(CNCCCc2cn(-c3ccccc3)nc2C)oc1C. The smallest absolute Gasteiger partial charge is 0.341 e. The summed E-state index contributed by atoms with van der Waals surface area (Å²) in [7, 11) is 1.37. The number of carbonyl (C=O) groups excluding carboxylic acids is 1. The van der Waals surface area contributed by atoms with Crippen LogP contribution in [0.25, 0.3) is 5.69 Å². The van der Waals surface area contributed by atoms with Crippen molar-refractivity contribution in [3.63, 3.8) is 0 Å². The number of esters is 1. The molecule has 6 heteroatoms. The molecule has 3 rings (SSSR count). The molecule has 0 aliphatic carbocycles. The topological polar surface area (TPSA) is 69.3 Å². The molecule has 142 valence electrons. The summed E-state index contributed by atoms with van der Waals surface area (Å²) in [4.78, 5) is 11.6. The third-order valence-corrected chi connectivity index (χ3v) is 4.49. The van der Waals surface area contributed by atoms with Crippen molar-refractivity contribution in [1.29, 1.82) is 0 Å². The summed E-state index contributed by atoms with van der Waals surface area (Å²) in [5.74, 6) is 0.956. The van der Waals surface area contributed by atoms with Gasteiger partial charge in [0.05, 0.1) is 25.0 Å². The maximum Gasteiger partial charge on any atom is 0.341 e. The van der Waals surface area contributed by atoms with Gasteiger partial charge in [-0.05, 0) is 57.0 Å². The largest absolute Gasteiger partial charge is 0.465 e. The van der Waals surface area contributed by atoms with E-state index in [-0.39, 0.29) is 5.97 Å². The maximum absolute atomic E-state index is 11.6. The van der Waals surface area contributed by atoms with E-state index in [1.807, 2.05) is 41.9 Å². The molecule has 0 fully saturated rings. The lowest BCUT2D eigenvalue weighted by Crippen LogP contribution is -2.15. The van der Waals surface area contributed by atoms with Gasteiger partial charge >= 0.3 is 5.97 Å². The fraction of sp³-hybridized carbons (Fsp3) is 0.333. The van der Waals surface area contributed by atoms with Crippen LogP contribution >= 0.6 is 0 Å². The molecule has 0 radical (unpaired) electrons. The van der Waals surface area contributed by atoms with E-state index in [9.17, 15) is 4.79 Å². The second kappa shape index (κ2) is 8.68. The van der Waals surface area contributed by atoms with Crippen molar-refractivity contribution in [2.75, 3.05) is 13.7 Å². The van der Waals surface area contributed by atoms with Gasteiger partial charge in [0.2, 0.25) is 0 Å². The number of aryl methyl sites for hydroxylation is 3. The molecule has 6 nitrogen and oxygen atoms in total. The van der Waals surface area contributed by atoms with Crippen LogP contribution < -0.4 is 5.32 Å².